The lowest BCUT2D eigenvalue weighted by Gasteiger charge is -2.14. The zero-order valence-corrected chi connectivity index (χ0v) is 16.6. The lowest BCUT2D eigenvalue weighted by Crippen LogP contribution is -1.97. The average Bonchev–Trinajstić information content (AvgIpc) is 2.60. The first-order valence-electron chi connectivity index (χ1n) is 8.63. The van der Waals surface area contributed by atoms with Gasteiger partial charge >= 0.3 is 5.69 Å². The highest BCUT2D eigenvalue weighted by Gasteiger charge is 2.22. The van der Waals surface area contributed by atoms with Crippen molar-refractivity contribution in [2.75, 3.05) is 0 Å². The molecular formula is C22H21NO3S. The molecule has 0 radical (unpaired) electrons. The molecule has 3 aromatic carbocycles. The van der Waals surface area contributed by atoms with Crippen molar-refractivity contribution >= 4 is 17.7 Å². The van der Waals surface area contributed by atoms with Crippen LogP contribution in [0.4, 0.5) is 5.69 Å². The molecular weight excluding hydrogens is 358 g/mol. The van der Waals surface area contributed by atoms with Gasteiger partial charge in [0.05, 0.1) is 21.9 Å². The minimum Gasteiger partial charge on any atom is -0.413 e. The van der Waals surface area contributed by atoms with Gasteiger partial charge in [-0.1, -0.05) is 59.7 Å². The van der Waals surface area contributed by atoms with Gasteiger partial charge in [-0.3, -0.25) is 10.1 Å². The fourth-order valence-corrected chi connectivity index (χ4v) is 3.90. The highest BCUT2D eigenvalue weighted by atomic mass is 32.2. The second-order valence-electron chi connectivity index (χ2n) is 6.67. The minimum absolute atomic E-state index is 0.0380. The van der Waals surface area contributed by atoms with Crippen molar-refractivity contribution in [1.82, 2.24) is 0 Å². The Hall–Kier alpha value is -2.79. The Bertz CT molecular complexity index is 991. The van der Waals surface area contributed by atoms with Crippen molar-refractivity contribution < 1.29 is 9.11 Å². The molecule has 0 N–H and O–H groups in total. The summed E-state index contributed by atoms with van der Waals surface area (Å²) in [6.45, 7) is 8.08. The van der Waals surface area contributed by atoms with E-state index in [-0.39, 0.29) is 11.4 Å². The Morgan fingerprint density at radius 3 is 2.19 bits per heavy atom. The number of benzene rings is 3. The van der Waals surface area contributed by atoms with Crippen LogP contribution in [0.5, 0.6) is 5.75 Å². The Balaban J connectivity index is 2.05. The van der Waals surface area contributed by atoms with E-state index < -0.39 is 4.92 Å². The summed E-state index contributed by atoms with van der Waals surface area (Å²) < 4.78 is 5.99. The molecule has 0 amide bonds. The average molecular weight is 379 g/mol. The lowest BCUT2D eigenvalue weighted by atomic mass is 10.0. The van der Waals surface area contributed by atoms with Crippen LogP contribution in [0.2, 0.25) is 0 Å². The number of aryl methyl sites for hydroxylation is 4. The first-order valence-corrected chi connectivity index (χ1v) is 9.38. The van der Waals surface area contributed by atoms with E-state index >= 15 is 0 Å². The van der Waals surface area contributed by atoms with E-state index in [2.05, 4.69) is 12.1 Å². The van der Waals surface area contributed by atoms with Crippen molar-refractivity contribution in [2.45, 2.75) is 32.6 Å². The smallest absolute Gasteiger partial charge is 0.313 e. The Morgan fingerprint density at radius 2 is 1.56 bits per heavy atom. The molecule has 0 saturated carbocycles. The molecule has 0 aromatic heterocycles. The van der Waals surface area contributed by atoms with Crippen molar-refractivity contribution in [3.63, 3.8) is 0 Å². The van der Waals surface area contributed by atoms with Gasteiger partial charge in [-0.15, -0.1) is 0 Å². The van der Waals surface area contributed by atoms with Crippen LogP contribution in [-0.2, 0) is 0 Å². The van der Waals surface area contributed by atoms with Gasteiger partial charge in [-0.2, -0.15) is 0 Å². The standard InChI is InChI=1S/C22H21NO3S/c1-14-7-5-8-18(13-14)19-9-6-10-20(23(24)25)21(19)26-27-22-16(3)11-15(2)12-17(22)4/h5-13H,1-4H3. The van der Waals surface area contributed by atoms with E-state index in [0.29, 0.717) is 5.56 Å². The second-order valence-corrected chi connectivity index (χ2v) is 7.42. The molecule has 0 fully saturated rings. The highest BCUT2D eigenvalue weighted by Crippen LogP contribution is 2.42. The van der Waals surface area contributed by atoms with Gasteiger partial charge in [0.25, 0.3) is 0 Å². The topological polar surface area (TPSA) is 52.4 Å². The van der Waals surface area contributed by atoms with Crippen LogP contribution < -0.4 is 4.18 Å². The van der Waals surface area contributed by atoms with E-state index in [1.807, 2.05) is 58.0 Å². The first-order chi connectivity index (χ1) is 12.9. The predicted molar refractivity (Wildman–Crippen MR) is 110 cm³/mol. The SMILES string of the molecule is Cc1cccc(-c2cccc([N+](=O)[O-])c2OSc2c(C)cc(C)cc2C)c1. The zero-order valence-electron chi connectivity index (χ0n) is 15.8. The Kier molecular flexibility index (Phi) is 5.51. The number of nitro groups is 1. The van der Waals surface area contributed by atoms with Crippen LogP contribution in [0.3, 0.4) is 0 Å². The fourth-order valence-electron chi connectivity index (χ4n) is 3.18. The molecule has 4 nitrogen and oxygen atoms in total. The Labute approximate surface area is 163 Å². The Morgan fingerprint density at radius 1 is 0.889 bits per heavy atom. The number of nitrogens with zero attached hydrogens (tertiary/aromatic N) is 1. The molecule has 0 bridgehead atoms. The van der Waals surface area contributed by atoms with E-state index in [4.69, 9.17) is 4.18 Å². The van der Waals surface area contributed by atoms with Crippen molar-refractivity contribution in [3.8, 4) is 16.9 Å². The maximum absolute atomic E-state index is 11.6. The van der Waals surface area contributed by atoms with Crippen LogP contribution in [0.25, 0.3) is 11.1 Å². The number of hydrogen-bond donors (Lipinski definition) is 0. The summed E-state index contributed by atoms with van der Waals surface area (Å²) in [5.41, 5.74) is 6.02. The van der Waals surface area contributed by atoms with E-state index in [1.165, 1.54) is 23.7 Å². The molecule has 138 valence electrons. The normalized spacial score (nSPS) is 10.7. The molecule has 0 spiro atoms. The monoisotopic (exact) mass is 379 g/mol. The lowest BCUT2D eigenvalue weighted by molar-refractivity contribution is -0.385. The van der Waals surface area contributed by atoms with Crippen LogP contribution in [0.1, 0.15) is 22.3 Å². The molecule has 0 unspecified atom stereocenters. The number of rotatable bonds is 5. The summed E-state index contributed by atoms with van der Waals surface area (Å²) in [4.78, 5) is 12.2. The van der Waals surface area contributed by atoms with Crippen LogP contribution >= 0.6 is 12.0 Å². The third kappa shape index (κ3) is 4.14. The number of para-hydroxylation sites is 1. The van der Waals surface area contributed by atoms with Gasteiger partial charge in [0.2, 0.25) is 5.75 Å². The maximum atomic E-state index is 11.6. The first kappa shape index (κ1) is 19.0. The predicted octanol–water partition coefficient (Wildman–Crippen LogP) is 6.58. The third-order valence-corrected chi connectivity index (χ3v) is 5.39. The molecule has 0 aliphatic rings. The summed E-state index contributed by atoms with van der Waals surface area (Å²) in [5, 5.41) is 11.6. The zero-order chi connectivity index (χ0) is 19.6. The van der Waals surface area contributed by atoms with Gasteiger partial charge in [0.1, 0.15) is 0 Å². The molecule has 27 heavy (non-hydrogen) atoms. The highest BCUT2D eigenvalue weighted by molar-refractivity contribution is 7.95. The van der Waals surface area contributed by atoms with Gasteiger partial charge in [0.15, 0.2) is 0 Å². The summed E-state index contributed by atoms with van der Waals surface area (Å²) in [5.74, 6) is 0.275. The van der Waals surface area contributed by atoms with Gasteiger partial charge in [-0.05, 0) is 44.4 Å². The van der Waals surface area contributed by atoms with E-state index in [1.54, 1.807) is 6.07 Å². The second kappa shape index (κ2) is 7.84. The number of nitro benzene ring substituents is 1. The summed E-state index contributed by atoms with van der Waals surface area (Å²) in [7, 11) is 0. The minimum atomic E-state index is -0.399. The van der Waals surface area contributed by atoms with Crippen LogP contribution in [0.15, 0.2) is 59.5 Å². The number of hydrogen-bond acceptors (Lipinski definition) is 4. The molecule has 3 aromatic rings. The van der Waals surface area contributed by atoms with E-state index in [9.17, 15) is 10.1 Å². The van der Waals surface area contributed by atoms with Crippen molar-refractivity contribution in [1.29, 1.82) is 0 Å². The molecule has 0 saturated heterocycles. The quantitative estimate of drug-likeness (QED) is 0.285. The molecule has 3 rings (SSSR count). The van der Waals surface area contributed by atoms with E-state index in [0.717, 1.165) is 27.1 Å². The molecule has 0 atom stereocenters. The molecule has 0 heterocycles. The fraction of sp³-hybridized carbons (Fsp3) is 0.182. The van der Waals surface area contributed by atoms with Gasteiger partial charge in [-0.25, -0.2) is 0 Å². The van der Waals surface area contributed by atoms with Gasteiger partial charge < -0.3 is 4.18 Å². The largest absolute Gasteiger partial charge is 0.413 e. The summed E-state index contributed by atoms with van der Waals surface area (Å²) >= 11 is 1.18. The van der Waals surface area contributed by atoms with Crippen LogP contribution in [0, 0.1) is 37.8 Å². The maximum Gasteiger partial charge on any atom is 0.313 e. The van der Waals surface area contributed by atoms with Gasteiger partial charge in [0, 0.05) is 11.6 Å². The molecule has 0 aliphatic heterocycles. The third-order valence-electron chi connectivity index (χ3n) is 4.33. The van der Waals surface area contributed by atoms with Crippen LogP contribution in [-0.4, -0.2) is 4.92 Å². The molecule has 5 heteroatoms. The van der Waals surface area contributed by atoms with Crippen molar-refractivity contribution in [2.24, 2.45) is 0 Å². The van der Waals surface area contributed by atoms with Crippen molar-refractivity contribution in [3.05, 3.63) is 87.0 Å². The molecule has 0 aliphatic carbocycles. The summed E-state index contributed by atoms with van der Waals surface area (Å²) in [6, 6.07) is 17.1. The summed E-state index contributed by atoms with van der Waals surface area (Å²) in [6.07, 6.45) is 0.